The van der Waals surface area contributed by atoms with Crippen molar-refractivity contribution in [3.63, 3.8) is 0 Å². The van der Waals surface area contributed by atoms with Gasteiger partial charge in [-0.05, 0) is 38.6 Å². The van der Waals surface area contributed by atoms with Crippen molar-refractivity contribution in [2.45, 2.75) is 103 Å². The van der Waals surface area contributed by atoms with E-state index >= 15 is 0 Å². The summed E-state index contributed by atoms with van der Waals surface area (Å²) >= 11 is 0. The summed E-state index contributed by atoms with van der Waals surface area (Å²) in [6.07, 6.45) is 21.7. The summed E-state index contributed by atoms with van der Waals surface area (Å²) in [5.41, 5.74) is 0. The lowest BCUT2D eigenvalue weighted by atomic mass is 10.1. The lowest BCUT2D eigenvalue weighted by molar-refractivity contribution is 0.112. The lowest BCUT2D eigenvalue weighted by Gasteiger charge is -2.23. The molecule has 1 unspecified atom stereocenters. The van der Waals surface area contributed by atoms with Gasteiger partial charge in [0.1, 0.15) is 5.75 Å². The third-order valence-electron chi connectivity index (χ3n) is 5.76. The maximum atomic E-state index is 10.8. The molecule has 0 aliphatic carbocycles. The van der Waals surface area contributed by atoms with E-state index in [4.69, 9.17) is 9.66 Å². The molecule has 0 fully saturated rings. The zero-order valence-corrected chi connectivity index (χ0v) is 21.9. The largest absolute Gasteiger partial charge is 0.395 e. The van der Waals surface area contributed by atoms with Gasteiger partial charge in [0.15, 0.2) is 0 Å². The van der Waals surface area contributed by atoms with Gasteiger partial charge in [-0.15, -0.1) is 0 Å². The summed E-state index contributed by atoms with van der Waals surface area (Å²) < 4.78 is 30.5. The highest BCUT2D eigenvalue weighted by Gasteiger charge is 2.17. The average Bonchev–Trinajstić information content (AvgIpc) is 2.74. The standard InChI is InChI=1S/C25H52N2O5S/c1-2-3-4-5-6-7-8-9-10-11-12-13-14-15-16-17-18-26-19-20-27(21-22-28)23-25(29)24-33(30,31)32/h9-10,25-26,28-29H,2-8,11-24H2,1H3,(H,30,31,32)/b10-9-. The topological polar surface area (TPSA) is 110 Å². The molecule has 7 nitrogen and oxygen atoms in total. The van der Waals surface area contributed by atoms with Crippen molar-refractivity contribution in [1.29, 1.82) is 0 Å². The fraction of sp³-hybridized carbons (Fsp3) is 0.920. The third-order valence-corrected chi connectivity index (χ3v) is 6.56. The summed E-state index contributed by atoms with van der Waals surface area (Å²) in [6, 6.07) is 0. The van der Waals surface area contributed by atoms with E-state index in [1.165, 1.54) is 83.5 Å². The zero-order valence-electron chi connectivity index (χ0n) is 21.1. The maximum absolute atomic E-state index is 10.8. The van der Waals surface area contributed by atoms with E-state index in [0.29, 0.717) is 19.6 Å². The number of aliphatic hydroxyl groups excluding tert-OH is 2. The van der Waals surface area contributed by atoms with E-state index in [0.717, 1.165) is 13.0 Å². The van der Waals surface area contributed by atoms with Crippen molar-refractivity contribution in [3.8, 4) is 0 Å². The first-order chi connectivity index (χ1) is 15.9. The summed E-state index contributed by atoms with van der Waals surface area (Å²) in [5.74, 6) is -0.683. The van der Waals surface area contributed by atoms with Gasteiger partial charge >= 0.3 is 0 Å². The third kappa shape index (κ3) is 25.9. The Bertz CT molecular complexity index is 543. The fourth-order valence-electron chi connectivity index (χ4n) is 3.89. The van der Waals surface area contributed by atoms with Gasteiger partial charge < -0.3 is 15.5 Å². The second-order valence-corrected chi connectivity index (χ2v) is 10.6. The molecule has 0 aliphatic rings. The Morgan fingerprint density at radius 1 is 0.818 bits per heavy atom. The molecule has 8 heteroatoms. The Morgan fingerprint density at radius 3 is 1.91 bits per heavy atom. The minimum atomic E-state index is -4.20. The predicted octanol–water partition coefficient (Wildman–Crippen LogP) is 4.16. The molecule has 33 heavy (non-hydrogen) atoms. The minimum absolute atomic E-state index is 0.0620. The van der Waals surface area contributed by atoms with Gasteiger partial charge in [0.05, 0.1) is 12.7 Å². The number of hydrogen-bond acceptors (Lipinski definition) is 6. The van der Waals surface area contributed by atoms with Crippen molar-refractivity contribution in [2.75, 3.05) is 45.1 Å². The van der Waals surface area contributed by atoms with Gasteiger partial charge in [0, 0.05) is 26.2 Å². The molecule has 0 radical (unpaired) electrons. The predicted molar refractivity (Wildman–Crippen MR) is 138 cm³/mol. The van der Waals surface area contributed by atoms with Crippen LogP contribution in [0.2, 0.25) is 0 Å². The molecule has 0 saturated heterocycles. The Labute approximate surface area is 203 Å². The van der Waals surface area contributed by atoms with E-state index in [9.17, 15) is 13.5 Å². The Kier molecular flexibility index (Phi) is 22.9. The smallest absolute Gasteiger partial charge is 0.267 e. The van der Waals surface area contributed by atoms with Gasteiger partial charge in [-0.2, -0.15) is 8.42 Å². The molecular weight excluding hydrogens is 440 g/mol. The maximum Gasteiger partial charge on any atom is 0.267 e. The second-order valence-electron chi connectivity index (χ2n) is 9.11. The highest BCUT2D eigenvalue weighted by Crippen LogP contribution is 2.09. The van der Waals surface area contributed by atoms with Crippen LogP contribution in [0.5, 0.6) is 0 Å². The van der Waals surface area contributed by atoms with Crippen LogP contribution in [0.15, 0.2) is 12.2 Å². The molecule has 4 N–H and O–H groups in total. The van der Waals surface area contributed by atoms with Crippen molar-refractivity contribution in [1.82, 2.24) is 10.2 Å². The molecule has 0 spiro atoms. The monoisotopic (exact) mass is 492 g/mol. The van der Waals surface area contributed by atoms with Gasteiger partial charge in [0.25, 0.3) is 10.1 Å². The molecule has 198 valence electrons. The van der Waals surface area contributed by atoms with Crippen LogP contribution in [-0.2, 0) is 10.1 Å². The van der Waals surface area contributed by atoms with E-state index < -0.39 is 22.0 Å². The fourth-order valence-corrected chi connectivity index (χ4v) is 4.48. The molecule has 0 aromatic carbocycles. The first kappa shape index (κ1) is 32.5. The number of unbranched alkanes of at least 4 members (excludes halogenated alkanes) is 12. The van der Waals surface area contributed by atoms with Crippen LogP contribution in [0.25, 0.3) is 0 Å². The Morgan fingerprint density at radius 2 is 1.36 bits per heavy atom. The van der Waals surface area contributed by atoms with Crippen LogP contribution in [0.4, 0.5) is 0 Å². The number of rotatable bonds is 25. The van der Waals surface area contributed by atoms with Crippen molar-refractivity contribution >= 4 is 10.1 Å². The molecule has 0 heterocycles. The molecule has 0 saturated carbocycles. The van der Waals surface area contributed by atoms with Crippen molar-refractivity contribution in [2.24, 2.45) is 0 Å². The van der Waals surface area contributed by atoms with Crippen LogP contribution in [0.1, 0.15) is 96.8 Å². The summed E-state index contributed by atoms with van der Waals surface area (Å²) in [6.45, 7) is 4.92. The quantitative estimate of drug-likeness (QED) is 0.0860. The number of nitrogens with one attached hydrogen (secondary N) is 1. The molecule has 0 bridgehead atoms. The summed E-state index contributed by atoms with van der Waals surface area (Å²) in [4.78, 5) is 1.80. The first-order valence-corrected chi connectivity index (χ1v) is 14.8. The summed E-state index contributed by atoms with van der Waals surface area (Å²) in [5, 5.41) is 22.2. The Hall–Kier alpha value is -0.510. The van der Waals surface area contributed by atoms with Crippen LogP contribution in [0, 0.1) is 0 Å². The summed E-state index contributed by atoms with van der Waals surface area (Å²) in [7, 11) is -4.20. The van der Waals surface area contributed by atoms with Crippen molar-refractivity contribution in [3.05, 3.63) is 12.2 Å². The Balaban J connectivity index is 3.49. The molecular formula is C25H52N2O5S. The van der Waals surface area contributed by atoms with Gasteiger partial charge in [-0.1, -0.05) is 76.9 Å². The van der Waals surface area contributed by atoms with Gasteiger partial charge in [0.2, 0.25) is 0 Å². The van der Waals surface area contributed by atoms with Gasteiger partial charge in [-0.3, -0.25) is 9.45 Å². The van der Waals surface area contributed by atoms with Crippen LogP contribution >= 0.6 is 0 Å². The average molecular weight is 493 g/mol. The van der Waals surface area contributed by atoms with Crippen LogP contribution in [-0.4, -0.2) is 79.3 Å². The lowest BCUT2D eigenvalue weighted by Crippen LogP contribution is -2.41. The second kappa shape index (κ2) is 23.2. The normalized spacial score (nSPS) is 13.4. The van der Waals surface area contributed by atoms with E-state index in [1.54, 1.807) is 4.90 Å². The van der Waals surface area contributed by atoms with Crippen LogP contribution in [0.3, 0.4) is 0 Å². The highest BCUT2D eigenvalue weighted by atomic mass is 32.2. The molecule has 0 rings (SSSR count). The number of nitrogens with zero attached hydrogens (tertiary/aromatic N) is 1. The minimum Gasteiger partial charge on any atom is -0.395 e. The molecule has 0 amide bonds. The number of hydrogen-bond donors (Lipinski definition) is 4. The molecule has 0 aromatic rings. The van der Waals surface area contributed by atoms with E-state index in [2.05, 4.69) is 24.4 Å². The zero-order chi connectivity index (χ0) is 24.6. The van der Waals surface area contributed by atoms with Crippen LogP contribution < -0.4 is 5.32 Å². The highest BCUT2D eigenvalue weighted by molar-refractivity contribution is 7.85. The van der Waals surface area contributed by atoms with Crippen molar-refractivity contribution < 1.29 is 23.2 Å². The molecule has 0 aromatic heterocycles. The van der Waals surface area contributed by atoms with E-state index in [1.807, 2.05) is 0 Å². The molecule has 1 atom stereocenters. The first-order valence-electron chi connectivity index (χ1n) is 13.2. The SMILES string of the molecule is CCCCCCCC/C=C\CCCCCCCCNCCN(CCO)CC(O)CS(=O)(=O)O. The van der Waals surface area contributed by atoms with Gasteiger partial charge in [-0.25, -0.2) is 0 Å². The van der Waals surface area contributed by atoms with E-state index in [-0.39, 0.29) is 13.2 Å². The number of aliphatic hydroxyl groups is 2. The molecule has 0 aliphatic heterocycles. The number of allylic oxidation sites excluding steroid dienone is 2.